The summed E-state index contributed by atoms with van der Waals surface area (Å²) < 4.78 is 5.19. The van der Waals surface area contributed by atoms with Crippen LogP contribution in [0.5, 0.6) is 0 Å². The number of carbonyl (C=O) groups excluding carboxylic acids is 2. The van der Waals surface area contributed by atoms with Gasteiger partial charge in [-0.1, -0.05) is 142 Å². The van der Waals surface area contributed by atoms with Crippen molar-refractivity contribution in [1.29, 1.82) is 0 Å². The van der Waals surface area contributed by atoms with Gasteiger partial charge < -0.3 is 10.1 Å². The molecule has 35 heavy (non-hydrogen) atoms. The largest absolute Gasteiger partial charge is 0.450 e. The molecule has 0 saturated carbocycles. The second kappa shape index (κ2) is 29.1. The molecule has 0 aromatic rings. The molecular weight excluding hydrogens is 436 g/mol. The third-order valence-corrected chi connectivity index (χ3v) is 6.74. The van der Waals surface area contributed by atoms with Crippen LogP contribution in [0.3, 0.4) is 0 Å². The van der Waals surface area contributed by atoms with Crippen LogP contribution in [0.2, 0.25) is 0 Å². The van der Waals surface area contributed by atoms with Crippen molar-refractivity contribution < 1.29 is 14.3 Å². The maximum absolute atomic E-state index is 11.9. The number of carbonyl (C=O) groups is 2. The van der Waals surface area contributed by atoms with Gasteiger partial charge in [-0.2, -0.15) is 0 Å². The minimum Gasteiger partial charge on any atom is -0.450 e. The van der Waals surface area contributed by atoms with Crippen molar-refractivity contribution >= 4 is 11.9 Å². The lowest BCUT2D eigenvalue weighted by atomic mass is 10.1. The smallest absolute Gasteiger partial charge is 0.307 e. The monoisotopic (exact) mass is 496 g/mol. The van der Waals surface area contributed by atoms with Gasteiger partial charge in [0, 0.05) is 12.8 Å². The third-order valence-electron chi connectivity index (χ3n) is 6.74. The van der Waals surface area contributed by atoms with Gasteiger partial charge >= 0.3 is 5.97 Å². The van der Waals surface area contributed by atoms with Crippen LogP contribution in [0.4, 0.5) is 0 Å². The molecule has 0 bridgehead atoms. The average Bonchev–Trinajstić information content (AvgIpc) is 2.85. The first-order valence-electron chi connectivity index (χ1n) is 15.3. The molecule has 0 aromatic carbocycles. The van der Waals surface area contributed by atoms with Crippen molar-refractivity contribution in [2.24, 2.45) is 0 Å². The second-order valence-electron chi connectivity index (χ2n) is 10.3. The van der Waals surface area contributed by atoms with E-state index in [1.54, 1.807) is 0 Å². The highest BCUT2D eigenvalue weighted by molar-refractivity contribution is 5.75. The Morgan fingerprint density at radius 3 is 1.31 bits per heavy atom. The van der Waals surface area contributed by atoms with E-state index < -0.39 is 0 Å². The second-order valence-corrected chi connectivity index (χ2v) is 10.3. The van der Waals surface area contributed by atoms with Gasteiger partial charge in [0.1, 0.15) is 6.73 Å². The van der Waals surface area contributed by atoms with Gasteiger partial charge in [-0.15, -0.1) is 0 Å². The number of hydrogen-bond acceptors (Lipinski definition) is 4. The van der Waals surface area contributed by atoms with E-state index in [1.165, 1.54) is 116 Å². The van der Waals surface area contributed by atoms with Gasteiger partial charge in [-0.25, -0.2) is 0 Å². The molecule has 0 spiro atoms. The van der Waals surface area contributed by atoms with Crippen LogP contribution in [0.1, 0.15) is 168 Å². The Kier molecular flexibility index (Phi) is 28.2. The summed E-state index contributed by atoms with van der Waals surface area (Å²) in [5.41, 5.74) is 0. The van der Waals surface area contributed by atoms with Gasteiger partial charge in [0.25, 0.3) is 0 Å². The summed E-state index contributed by atoms with van der Waals surface area (Å²) in [4.78, 5) is 23.6. The molecule has 0 atom stereocenters. The minimum atomic E-state index is -0.152. The molecule has 1 amide bonds. The van der Waals surface area contributed by atoms with Gasteiger partial charge in [-0.05, 0) is 12.8 Å². The molecule has 0 unspecified atom stereocenters. The molecule has 0 rings (SSSR count). The highest BCUT2D eigenvalue weighted by atomic mass is 16.5. The highest BCUT2D eigenvalue weighted by Crippen LogP contribution is 2.13. The first kappa shape index (κ1) is 33.9. The lowest BCUT2D eigenvalue weighted by Crippen LogP contribution is -2.35. The lowest BCUT2D eigenvalue weighted by molar-refractivity contribution is -0.144. The molecule has 2 N–H and O–H groups in total. The molecular formula is C30H60N2O3. The van der Waals surface area contributed by atoms with E-state index >= 15 is 0 Å². The van der Waals surface area contributed by atoms with E-state index in [0.717, 1.165) is 25.7 Å². The van der Waals surface area contributed by atoms with Gasteiger partial charge in [-0.3, -0.25) is 14.9 Å². The predicted octanol–water partition coefficient (Wildman–Crippen LogP) is 8.55. The summed E-state index contributed by atoms with van der Waals surface area (Å²) in [6.45, 7) is 5.03. The van der Waals surface area contributed by atoms with Crippen LogP contribution in [0, 0.1) is 0 Å². The number of ether oxygens (including phenoxy) is 1. The van der Waals surface area contributed by atoms with E-state index in [2.05, 4.69) is 24.5 Å². The Bertz CT molecular complexity index is 417. The topological polar surface area (TPSA) is 67.4 Å². The van der Waals surface area contributed by atoms with E-state index in [0.29, 0.717) is 19.5 Å². The Balaban J connectivity index is 3.27. The number of esters is 1. The summed E-state index contributed by atoms with van der Waals surface area (Å²) in [6, 6.07) is 0. The number of nitrogens with one attached hydrogen (secondary N) is 2. The summed E-state index contributed by atoms with van der Waals surface area (Å²) in [7, 11) is 0. The Labute approximate surface area is 218 Å². The highest BCUT2D eigenvalue weighted by Gasteiger charge is 2.03. The SMILES string of the molecule is CCCCCCCCCCCCCC(=O)NCNCOC(=O)CCCCCCCCCCCCC. The zero-order chi connectivity index (χ0) is 25.7. The van der Waals surface area contributed by atoms with E-state index in [9.17, 15) is 9.59 Å². The molecule has 0 aliphatic heterocycles. The Morgan fingerprint density at radius 1 is 0.514 bits per heavy atom. The molecule has 0 aromatic heterocycles. The van der Waals surface area contributed by atoms with Crippen LogP contribution in [0.25, 0.3) is 0 Å². The molecule has 5 nitrogen and oxygen atoms in total. The first-order chi connectivity index (χ1) is 17.2. The van der Waals surface area contributed by atoms with Gasteiger partial charge in [0.05, 0.1) is 6.67 Å². The van der Waals surface area contributed by atoms with Crippen LogP contribution in [-0.4, -0.2) is 25.3 Å². The van der Waals surface area contributed by atoms with Crippen molar-refractivity contribution in [1.82, 2.24) is 10.6 Å². The molecule has 0 saturated heterocycles. The van der Waals surface area contributed by atoms with Crippen LogP contribution in [0.15, 0.2) is 0 Å². The van der Waals surface area contributed by atoms with E-state index in [4.69, 9.17) is 4.74 Å². The average molecular weight is 497 g/mol. The summed E-state index contributed by atoms with van der Waals surface area (Å²) >= 11 is 0. The fourth-order valence-corrected chi connectivity index (χ4v) is 4.39. The quantitative estimate of drug-likeness (QED) is 0.0646. The van der Waals surface area contributed by atoms with Crippen molar-refractivity contribution in [3.63, 3.8) is 0 Å². The standard InChI is InChI=1S/C30H60N2O3/c1-3-5-7-9-11-13-15-17-19-21-23-25-29(33)32-27-31-28-35-30(34)26-24-22-20-18-16-14-12-10-8-6-4-2/h31H,3-28H2,1-2H3,(H,32,33). The summed E-state index contributed by atoms with van der Waals surface area (Å²) in [5.74, 6) is -0.0820. The molecule has 0 aliphatic rings. The summed E-state index contributed by atoms with van der Waals surface area (Å²) in [5, 5.41) is 5.80. The van der Waals surface area contributed by atoms with Crippen molar-refractivity contribution in [3.05, 3.63) is 0 Å². The molecule has 0 heterocycles. The van der Waals surface area contributed by atoms with Crippen molar-refractivity contribution in [2.45, 2.75) is 168 Å². The zero-order valence-electron chi connectivity index (χ0n) is 23.6. The van der Waals surface area contributed by atoms with Crippen LogP contribution < -0.4 is 10.6 Å². The number of hydrogen-bond donors (Lipinski definition) is 2. The minimum absolute atomic E-state index is 0.0701. The van der Waals surface area contributed by atoms with Crippen LogP contribution in [-0.2, 0) is 14.3 Å². The van der Waals surface area contributed by atoms with E-state index in [-0.39, 0.29) is 18.6 Å². The van der Waals surface area contributed by atoms with E-state index in [1.807, 2.05) is 0 Å². The fraction of sp³-hybridized carbons (Fsp3) is 0.933. The summed E-state index contributed by atoms with van der Waals surface area (Å²) in [6.07, 6.45) is 29.3. The molecule has 0 radical (unpaired) electrons. The molecule has 208 valence electrons. The molecule has 0 fully saturated rings. The number of unbranched alkanes of at least 4 members (excludes halogenated alkanes) is 20. The molecule has 5 heteroatoms. The van der Waals surface area contributed by atoms with Gasteiger partial charge in [0.2, 0.25) is 5.91 Å². The zero-order valence-corrected chi connectivity index (χ0v) is 23.6. The molecule has 0 aliphatic carbocycles. The van der Waals surface area contributed by atoms with Crippen LogP contribution >= 0.6 is 0 Å². The maximum atomic E-state index is 11.9. The van der Waals surface area contributed by atoms with Gasteiger partial charge in [0.15, 0.2) is 0 Å². The number of rotatable bonds is 28. The predicted molar refractivity (Wildman–Crippen MR) is 149 cm³/mol. The third kappa shape index (κ3) is 29.0. The first-order valence-corrected chi connectivity index (χ1v) is 15.3. The Morgan fingerprint density at radius 2 is 0.886 bits per heavy atom. The number of amides is 1. The van der Waals surface area contributed by atoms with Crippen molar-refractivity contribution in [2.75, 3.05) is 13.4 Å². The lowest BCUT2D eigenvalue weighted by Gasteiger charge is -2.08. The van der Waals surface area contributed by atoms with Crippen molar-refractivity contribution in [3.8, 4) is 0 Å². The fourth-order valence-electron chi connectivity index (χ4n) is 4.39. The normalized spacial score (nSPS) is 11.0. The maximum Gasteiger partial charge on any atom is 0.307 e. The Hall–Kier alpha value is -1.10.